The molecule has 3 aromatic carbocycles. The van der Waals surface area contributed by atoms with Gasteiger partial charge in [-0.1, -0.05) is 35.9 Å². The summed E-state index contributed by atoms with van der Waals surface area (Å²) in [6, 6.07) is 14.3. The van der Waals surface area contributed by atoms with Gasteiger partial charge in [-0.25, -0.2) is 9.29 Å². The van der Waals surface area contributed by atoms with Crippen LogP contribution in [0.3, 0.4) is 0 Å². The number of halogens is 2. The summed E-state index contributed by atoms with van der Waals surface area (Å²) in [5, 5.41) is 14.0. The molecule has 0 aliphatic carbocycles. The zero-order valence-electron chi connectivity index (χ0n) is 19.5. The summed E-state index contributed by atoms with van der Waals surface area (Å²) in [6.45, 7) is 0. The van der Waals surface area contributed by atoms with Gasteiger partial charge in [0.05, 0.1) is 39.2 Å². The Hall–Kier alpha value is -4.57. The standard InChI is InChI=1S/C27H18ClFN4O5/c28-19-10-9-17(33(37)38)13-20(19)30-25(34)24-22-21(23-18-4-2-1-3-14(18)11-12-31(23)24)26(35)32(27(22)36)16-7-5-15(29)6-8-16/h1-13,21-24H,(H,30,34)/t21-,22-,23-,24+/m0/s1. The van der Waals surface area contributed by atoms with Crippen molar-refractivity contribution in [2.75, 3.05) is 10.2 Å². The molecule has 0 saturated carbocycles. The van der Waals surface area contributed by atoms with Crippen molar-refractivity contribution in [2.24, 2.45) is 11.8 Å². The third-order valence-corrected chi connectivity index (χ3v) is 7.56. The first kappa shape index (κ1) is 23.8. The highest BCUT2D eigenvalue weighted by atomic mass is 35.5. The molecule has 0 unspecified atom stereocenters. The lowest BCUT2D eigenvalue weighted by atomic mass is 9.84. The van der Waals surface area contributed by atoms with Crippen LogP contribution in [0.15, 0.2) is 72.9 Å². The number of carbonyl (C=O) groups excluding carboxylic acids is 3. The fraction of sp³-hybridized carbons (Fsp3) is 0.148. The van der Waals surface area contributed by atoms with Crippen LogP contribution in [0.2, 0.25) is 5.02 Å². The number of anilines is 2. The largest absolute Gasteiger partial charge is 0.357 e. The van der Waals surface area contributed by atoms with Gasteiger partial charge < -0.3 is 10.2 Å². The first-order valence-electron chi connectivity index (χ1n) is 11.7. The maximum atomic E-state index is 13.8. The number of nitrogens with zero attached hydrogens (tertiary/aromatic N) is 3. The fourth-order valence-electron chi connectivity index (χ4n) is 5.63. The van der Waals surface area contributed by atoms with Crippen LogP contribution in [0.4, 0.5) is 21.5 Å². The zero-order valence-corrected chi connectivity index (χ0v) is 20.2. The summed E-state index contributed by atoms with van der Waals surface area (Å²) in [6.07, 6.45) is 3.49. The monoisotopic (exact) mass is 532 g/mol. The molecule has 0 bridgehead atoms. The second-order valence-corrected chi connectivity index (χ2v) is 9.64. The summed E-state index contributed by atoms with van der Waals surface area (Å²) >= 11 is 6.21. The SMILES string of the molecule is O=C(Nc1cc([N+](=O)[O-])ccc1Cl)[C@H]1[C@H]2C(=O)N(c3ccc(F)cc3)C(=O)[C@@H]2[C@@H]2c3ccccc3C=CN12. The second-order valence-electron chi connectivity index (χ2n) is 9.23. The molecule has 9 nitrogen and oxygen atoms in total. The number of nitro benzene ring substituents is 1. The summed E-state index contributed by atoms with van der Waals surface area (Å²) in [7, 11) is 0. The van der Waals surface area contributed by atoms with Crippen molar-refractivity contribution >= 4 is 52.5 Å². The van der Waals surface area contributed by atoms with Crippen molar-refractivity contribution < 1.29 is 23.7 Å². The maximum Gasteiger partial charge on any atom is 0.271 e. The molecule has 6 rings (SSSR count). The van der Waals surface area contributed by atoms with Gasteiger partial charge in [0.2, 0.25) is 17.7 Å². The Labute approximate surface area is 220 Å². The number of non-ortho nitro benzene ring substituents is 1. The highest BCUT2D eigenvalue weighted by molar-refractivity contribution is 6.34. The number of fused-ring (bicyclic) bond motifs is 5. The Kier molecular flexibility index (Phi) is 5.50. The predicted octanol–water partition coefficient (Wildman–Crippen LogP) is 4.54. The number of benzene rings is 3. The molecular formula is C27H18ClFN4O5. The molecule has 0 spiro atoms. The number of carbonyl (C=O) groups is 3. The minimum atomic E-state index is -1.12. The summed E-state index contributed by atoms with van der Waals surface area (Å²) in [4.78, 5) is 54.7. The van der Waals surface area contributed by atoms with Crippen LogP contribution >= 0.6 is 11.6 Å². The Morgan fingerprint density at radius 2 is 1.71 bits per heavy atom. The van der Waals surface area contributed by atoms with Crippen LogP contribution in [0.25, 0.3) is 6.08 Å². The van der Waals surface area contributed by atoms with Crippen molar-refractivity contribution in [3.05, 3.63) is 105 Å². The number of hydrogen-bond acceptors (Lipinski definition) is 6. The first-order chi connectivity index (χ1) is 18.3. The van der Waals surface area contributed by atoms with Crippen molar-refractivity contribution in [1.82, 2.24) is 4.90 Å². The Bertz CT molecular complexity index is 1560. The molecule has 2 fully saturated rings. The lowest BCUT2D eigenvalue weighted by molar-refractivity contribution is -0.384. The van der Waals surface area contributed by atoms with E-state index in [1.807, 2.05) is 24.3 Å². The molecule has 3 heterocycles. The number of nitrogens with one attached hydrogen (secondary N) is 1. The van der Waals surface area contributed by atoms with Crippen LogP contribution < -0.4 is 10.2 Å². The van der Waals surface area contributed by atoms with Gasteiger partial charge in [-0.05, 0) is 47.5 Å². The Morgan fingerprint density at radius 3 is 2.45 bits per heavy atom. The van der Waals surface area contributed by atoms with Crippen LogP contribution in [0, 0.1) is 27.8 Å². The lowest BCUT2D eigenvalue weighted by Crippen LogP contribution is -2.46. The zero-order chi connectivity index (χ0) is 26.7. The van der Waals surface area contributed by atoms with Gasteiger partial charge in [0.25, 0.3) is 5.69 Å². The van der Waals surface area contributed by atoms with Crippen molar-refractivity contribution in [3.8, 4) is 0 Å². The molecule has 3 amide bonds. The van der Waals surface area contributed by atoms with Crippen LogP contribution in [-0.4, -0.2) is 33.6 Å². The number of amides is 3. The molecule has 3 aliphatic heterocycles. The second kappa shape index (κ2) is 8.77. The summed E-state index contributed by atoms with van der Waals surface area (Å²) in [5.74, 6) is -4.19. The van der Waals surface area contributed by atoms with Crippen molar-refractivity contribution in [2.45, 2.75) is 12.1 Å². The van der Waals surface area contributed by atoms with Gasteiger partial charge in [0.1, 0.15) is 11.9 Å². The fourth-order valence-corrected chi connectivity index (χ4v) is 5.80. The molecule has 2 saturated heterocycles. The van der Waals surface area contributed by atoms with Gasteiger partial charge in [0.15, 0.2) is 0 Å². The van der Waals surface area contributed by atoms with E-state index in [1.165, 1.54) is 24.3 Å². The van der Waals surface area contributed by atoms with Crippen molar-refractivity contribution in [1.29, 1.82) is 0 Å². The first-order valence-corrected chi connectivity index (χ1v) is 12.1. The topological polar surface area (TPSA) is 113 Å². The van der Waals surface area contributed by atoms with E-state index in [-0.39, 0.29) is 22.1 Å². The molecule has 190 valence electrons. The third kappa shape index (κ3) is 3.56. The molecule has 0 radical (unpaired) electrons. The number of hydrogen-bond donors (Lipinski definition) is 1. The van der Waals surface area contributed by atoms with Gasteiger partial charge in [-0.3, -0.25) is 24.5 Å². The van der Waals surface area contributed by atoms with E-state index in [4.69, 9.17) is 11.6 Å². The minimum Gasteiger partial charge on any atom is -0.357 e. The molecule has 3 aromatic rings. The molecular weight excluding hydrogens is 515 g/mol. The number of rotatable bonds is 4. The quantitative estimate of drug-likeness (QED) is 0.300. The van der Waals surface area contributed by atoms with Gasteiger partial charge in [-0.2, -0.15) is 0 Å². The van der Waals surface area contributed by atoms with E-state index < -0.39 is 52.4 Å². The Morgan fingerprint density at radius 1 is 1.00 bits per heavy atom. The smallest absolute Gasteiger partial charge is 0.271 e. The molecule has 3 aliphatic rings. The van der Waals surface area contributed by atoms with Gasteiger partial charge in [0, 0.05) is 18.3 Å². The number of nitro groups is 1. The van der Waals surface area contributed by atoms with E-state index in [9.17, 15) is 28.9 Å². The van der Waals surface area contributed by atoms with E-state index in [2.05, 4.69) is 5.32 Å². The normalized spacial score (nSPS) is 23.2. The Balaban J connectivity index is 1.43. The van der Waals surface area contributed by atoms with E-state index >= 15 is 0 Å². The van der Waals surface area contributed by atoms with Gasteiger partial charge in [-0.15, -0.1) is 0 Å². The molecule has 4 atom stereocenters. The van der Waals surface area contributed by atoms with E-state index in [0.29, 0.717) is 0 Å². The van der Waals surface area contributed by atoms with Crippen LogP contribution in [0.1, 0.15) is 17.2 Å². The van der Waals surface area contributed by atoms with Crippen LogP contribution in [0.5, 0.6) is 0 Å². The lowest BCUT2D eigenvalue weighted by Gasteiger charge is -2.35. The number of imide groups is 1. The summed E-state index contributed by atoms with van der Waals surface area (Å²) < 4.78 is 13.6. The average Bonchev–Trinajstić information content (AvgIpc) is 3.38. The molecule has 11 heteroatoms. The van der Waals surface area contributed by atoms with E-state index in [0.717, 1.165) is 34.2 Å². The predicted molar refractivity (Wildman–Crippen MR) is 136 cm³/mol. The molecule has 0 aromatic heterocycles. The molecule has 38 heavy (non-hydrogen) atoms. The average molecular weight is 533 g/mol. The van der Waals surface area contributed by atoms with E-state index in [1.54, 1.807) is 17.2 Å². The third-order valence-electron chi connectivity index (χ3n) is 7.23. The molecule has 1 N–H and O–H groups in total. The minimum absolute atomic E-state index is 0.0134. The highest BCUT2D eigenvalue weighted by Gasteiger charge is 2.64. The summed E-state index contributed by atoms with van der Waals surface area (Å²) in [5.41, 5.74) is 1.60. The van der Waals surface area contributed by atoms with Crippen LogP contribution in [-0.2, 0) is 14.4 Å². The maximum absolute atomic E-state index is 13.8. The highest BCUT2D eigenvalue weighted by Crippen LogP contribution is 2.53. The van der Waals surface area contributed by atoms with Crippen molar-refractivity contribution in [3.63, 3.8) is 0 Å². The van der Waals surface area contributed by atoms with Gasteiger partial charge >= 0.3 is 0 Å².